The van der Waals surface area contributed by atoms with Crippen LogP contribution in [-0.4, -0.2) is 16.6 Å². The van der Waals surface area contributed by atoms with E-state index in [0.717, 1.165) is 24.3 Å². The van der Waals surface area contributed by atoms with Crippen LogP contribution in [0.25, 0.3) is 0 Å². The minimum Gasteiger partial charge on any atom is -0.368 e. The highest BCUT2D eigenvalue weighted by Gasteiger charge is 2.18. The van der Waals surface area contributed by atoms with E-state index in [9.17, 15) is 4.79 Å². The molecule has 1 rings (SSSR count). The van der Waals surface area contributed by atoms with Gasteiger partial charge in [0.05, 0.1) is 5.69 Å². The van der Waals surface area contributed by atoms with Gasteiger partial charge in [0.1, 0.15) is 5.25 Å². The number of carbonyl (C=O) groups excluding carboxylic acids is 1. The van der Waals surface area contributed by atoms with Crippen molar-refractivity contribution >= 4 is 30.1 Å². The van der Waals surface area contributed by atoms with Crippen LogP contribution >= 0.6 is 24.2 Å². The number of carbonyl (C=O) groups is 1. The van der Waals surface area contributed by atoms with Gasteiger partial charge in [0.25, 0.3) is 0 Å². The van der Waals surface area contributed by atoms with Gasteiger partial charge in [0.2, 0.25) is 5.91 Å². The molecule has 5 heteroatoms. The van der Waals surface area contributed by atoms with Crippen molar-refractivity contribution in [3.63, 3.8) is 0 Å². The number of aromatic nitrogens is 1. The summed E-state index contributed by atoms with van der Waals surface area (Å²) in [6.07, 6.45) is 3.91. The normalized spacial score (nSPS) is 11.6. The second kappa shape index (κ2) is 8.42. The Morgan fingerprint density at radius 2 is 2.31 bits per heavy atom. The Kier molecular flexibility index (Phi) is 8.03. The average molecular weight is 261 g/mol. The third kappa shape index (κ3) is 4.86. The number of amides is 1. The molecule has 3 nitrogen and oxygen atoms in total. The number of rotatable bonds is 6. The van der Waals surface area contributed by atoms with Gasteiger partial charge in [-0.1, -0.05) is 19.4 Å². The van der Waals surface area contributed by atoms with Crippen molar-refractivity contribution in [1.29, 1.82) is 0 Å². The van der Waals surface area contributed by atoms with Crippen LogP contribution in [0.15, 0.2) is 24.4 Å². The topological polar surface area (TPSA) is 56.0 Å². The fourth-order valence-corrected chi connectivity index (χ4v) is 2.36. The van der Waals surface area contributed by atoms with Gasteiger partial charge in [0.15, 0.2) is 0 Å². The van der Waals surface area contributed by atoms with Crippen LogP contribution in [0.2, 0.25) is 0 Å². The molecule has 1 aromatic rings. The van der Waals surface area contributed by atoms with E-state index < -0.39 is 0 Å². The molecular formula is C11H17ClN2OS. The zero-order valence-electron chi connectivity index (χ0n) is 9.26. The number of thioether (sulfide) groups is 1. The summed E-state index contributed by atoms with van der Waals surface area (Å²) in [5, 5.41) is -0.308. The molecule has 0 saturated carbocycles. The Morgan fingerprint density at radius 3 is 2.81 bits per heavy atom. The van der Waals surface area contributed by atoms with Crippen molar-refractivity contribution < 1.29 is 4.79 Å². The van der Waals surface area contributed by atoms with E-state index in [0.29, 0.717) is 0 Å². The molecule has 0 aliphatic carbocycles. The smallest absolute Gasteiger partial charge is 0.236 e. The molecule has 90 valence electrons. The molecule has 0 aliphatic rings. The zero-order chi connectivity index (χ0) is 11.1. The van der Waals surface area contributed by atoms with E-state index in [1.54, 1.807) is 18.0 Å². The summed E-state index contributed by atoms with van der Waals surface area (Å²) in [7, 11) is 0. The minimum absolute atomic E-state index is 0. The lowest BCUT2D eigenvalue weighted by atomic mass is 10.2. The Morgan fingerprint density at radius 1 is 1.56 bits per heavy atom. The van der Waals surface area contributed by atoms with Gasteiger partial charge in [-0.15, -0.1) is 24.2 Å². The van der Waals surface area contributed by atoms with Crippen LogP contribution in [-0.2, 0) is 4.79 Å². The maximum Gasteiger partial charge on any atom is 0.236 e. The Balaban J connectivity index is 0.00000225. The summed E-state index contributed by atoms with van der Waals surface area (Å²) in [6.45, 7) is 2.13. The predicted molar refractivity (Wildman–Crippen MR) is 70.8 cm³/mol. The first-order chi connectivity index (χ1) is 7.25. The summed E-state index contributed by atoms with van der Waals surface area (Å²) < 4.78 is 0. The molecule has 0 aromatic carbocycles. The summed E-state index contributed by atoms with van der Waals surface area (Å²) in [5.74, 6) is 0.635. The molecule has 1 amide bonds. The minimum atomic E-state index is -0.310. The zero-order valence-corrected chi connectivity index (χ0v) is 10.9. The summed E-state index contributed by atoms with van der Waals surface area (Å²) in [5.41, 5.74) is 6.11. The van der Waals surface area contributed by atoms with E-state index in [2.05, 4.69) is 11.9 Å². The van der Waals surface area contributed by atoms with Crippen LogP contribution in [0.5, 0.6) is 0 Å². The maximum absolute atomic E-state index is 11.3. The molecule has 0 bridgehead atoms. The lowest BCUT2D eigenvalue weighted by molar-refractivity contribution is -0.117. The molecule has 1 atom stereocenters. The summed E-state index contributed by atoms with van der Waals surface area (Å²) in [4.78, 5) is 15.4. The van der Waals surface area contributed by atoms with E-state index in [1.807, 2.05) is 18.2 Å². The molecule has 1 aromatic heterocycles. The molecule has 2 N–H and O–H groups in total. The molecular weight excluding hydrogens is 244 g/mol. The number of halogens is 1. The fourth-order valence-electron chi connectivity index (χ4n) is 1.19. The average Bonchev–Trinajstić information content (AvgIpc) is 2.25. The summed E-state index contributed by atoms with van der Waals surface area (Å²) >= 11 is 1.57. The monoisotopic (exact) mass is 260 g/mol. The van der Waals surface area contributed by atoms with Gasteiger partial charge < -0.3 is 5.73 Å². The van der Waals surface area contributed by atoms with Crippen LogP contribution in [0.3, 0.4) is 0 Å². The second-order valence-corrected chi connectivity index (χ2v) is 4.47. The van der Waals surface area contributed by atoms with Crippen molar-refractivity contribution in [2.75, 3.05) is 5.75 Å². The maximum atomic E-state index is 11.3. The Hall–Kier alpha value is -0.740. The number of nitrogens with two attached hydrogens (primary N) is 1. The number of hydrogen-bond donors (Lipinski definition) is 1. The Labute approximate surface area is 107 Å². The third-order valence-electron chi connectivity index (χ3n) is 2.00. The molecule has 0 fully saturated rings. The molecule has 0 aliphatic heterocycles. The Bertz CT molecular complexity index is 308. The van der Waals surface area contributed by atoms with Crippen LogP contribution in [0, 0.1) is 0 Å². The molecule has 16 heavy (non-hydrogen) atoms. The van der Waals surface area contributed by atoms with Crippen molar-refractivity contribution in [3.8, 4) is 0 Å². The van der Waals surface area contributed by atoms with Gasteiger partial charge >= 0.3 is 0 Å². The summed E-state index contributed by atoms with van der Waals surface area (Å²) in [6, 6.07) is 5.55. The van der Waals surface area contributed by atoms with E-state index in [1.165, 1.54) is 0 Å². The molecule has 0 spiro atoms. The number of unbranched alkanes of at least 4 members (excludes halogenated alkanes) is 1. The van der Waals surface area contributed by atoms with Crippen LogP contribution in [0.1, 0.15) is 30.7 Å². The highest BCUT2D eigenvalue weighted by Crippen LogP contribution is 2.27. The standard InChI is InChI=1S/C11H16N2OS.ClH/c1-2-3-8-15-10(11(12)14)9-6-4-5-7-13-9;/h4-7,10H,2-3,8H2,1H3,(H2,12,14);1H. The van der Waals surface area contributed by atoms with Crippen molar-refractivity contribution in [1.82, 2.24) is 4.98 Å². The number of primary amides is 1. The van der Waals surface area contributed by atoms with Crippen molar-refractivity contribution in [3.05, 3.63) is 30.1 Å². The van der Waals surface area contributed by atoms with E-state index in [-0.39, 0.29) is 23.6 Å². The molecule has 1 unspecified atom stereocenters. The quantitative estimate of drug-likeness (QED) is 0.800. The van der Waals surface area contributed by atoms with E-state index in [4.69, 9.17) is 5.73 Å². The fraction of sp³-hybridized carbons (Fsp3) is 0.455. The predicted octanol–water partition coefficient (Wildman–Crippen LogP) is 2.56. The first kappa shape index (κ1) is 15.3. The molecule has 1 heterocycles. The van der Waals surface area contributed by atoms with E-state index >= 15 is 0 Å². The molecule has 0 saturated heterocycles. The molecule has 0 radical (unpaired) electrons. The van der Waals surface area contributed by atoms with Gasteiger partial charge in [-0.05, 0) is 24.3 Å². The third-order valence-corrected chi connectivity index (χ3v) is 3.33. The van der Waals surface area contributed by atoms with Gasteiger partial charge in [-0.3, -0.25) is 9.78 Å². The van der Waals surface area contributed by atoms with Crippen molar-refractivity contribution in [2.24, 2.45) is 5.73 Å². The largest absolute Gasteiger partial charge is 0.368 e. The first-order valence-electron chi connectivity index (χ1n) is 5.07. The van der Waals surface area contributed by atoms with Crippen LogP contribution in [0.4, 0.5) is 0 Å². The highest BCUT2D eigenvalue weighted by atomic mass is 35.5. The number of hydrogen-bond acceptors (Lipinski definition) is 3. The van der Waals surface area contributed by atoms with Gasteiger partial charge in [-0.25, -0.2) is 0 Å². The lowest BCUT2D eigenvalue weighted by Crippen LogP contribution is -2.20. The van der Waals surface area contributed by atoms with Gasteiger partial charge in [0, 0.05) is 6.20 Å². The highest BCUT2D eigenvalue weighted by molar-refractivity contribution is 8.00. The van der Waals surface area contributed by atoms with Gasteiger partial charge in [-0.2, -0.15) is 0 Å². The SMILES string of the molecule is CCCCSC(C(N)=O)c1ccccn1.Cl. The van der Waals surface area contributed by atoms with Crippen LogP contribution < -0.4 is 5.73 Å². The second-order valence-electron chi connectivity index (χ2n) is 3.26. The number of pyridine rings is 1. The number of nitrogens with zero attached hydrogens (tertiary/aromatic N) is 1. The lowest BCUT2D eigenvalue weighted by Gasteiger charge is -2.11. The first-order valence-corrected chi connectivity index (χ1v) is 6.12. The van der Waals surface area contributed by atoms with Crippen molar-refractivity contribution in [2.45, 2.75) is 25.0 Å².